The number of hydrogen-bond donors (Lipinski definition) is 1. The van der Waals surface area contributed by atoms with Gasteiger partial charge in [0.25, 0.3) is 0 Å². The topological polar surface area (TPSA) is 69.4 Å². The van der Waals surface area contributed by atoms with Crippen molar-refractivity contribution >= 4 is 0 Å². The highest BCUT2D eigenvalue weighted by atomic mass is 16.6. The molecule has 0 amide bonds. The molecule has 2 heterocycles. The van der Waals surface area contributed by atoms with Crippen molar-refractivity contribution in [3.05, 3.63) is 11.8 Å². The zero-order valence-electron chi connectivity index (χ0n) is 11.2. The zero-order valence-corrected chi connectivity index (χ0v) is 11.2. The Labute approximate surface area is 107 Å². The van der Waals surface area contributed by atoms with Crippen LogP contribution in [0.3, 0.4) is 0 Å². The average Bonchev–Trinajstić information content (AvgIpc) is 2.76. The third-order valence-electron chi connectivity index (χ3n) is 2.75. The van der Waals surface area contributed by atoms with Gasteiger partial charge in [0, 0.05) is 19.5 Å². The van der Waals surface area contributed by atoms with Crippen LogP contribution in [0.4, 0.5) is 0 Å². The van der Waals surface area contributed by atoms with Crippen molar-refractivity contribution in [1.82, 2.24) is 15.5 Å². The van der Waals surface area contributed by atoms with Crippen LogP contribution in [-0.4, -0.2) is 41.6 Å². The Morgan fingerprint density at radius 3 is 2.83 bits per heavy atom. The van der Waals surface area contributed by atoms with Gasteiger partial charge in [-0.1, -0.05) is 6.92 Å². The Hall–Kier alpha value is -0.980. The molecule has 1 aromatic heterocycles. The molecule has 1 atom stereocenters. The third-order valence-corrected chi connectivity index (χ3v) is 2.75. The van der Waals surface area contributed by atoms with Crippen LogP contribution in [0.1, 0.15) is 32.6 Å². The standard InChI is InChI=1S/C12H21N3O3/c1-4-10-14-15-11(17-10)7-16-6-9-5-13-8-12(2,3)18-9/h9,13H,4-8H2,1-3H3. The van der Waals surface area contributed by atoms with Crippen molar-refractivity contribution in [3.8, 4) is 0 Å². The first-order valence-electron chi connectivity index (χ1n) is 6.36. The van der Waals surface area contributed by atoms with E-state index in [1.54, 1.807) is 0 Å². The van der Waals surface area contributed by atoms with Crippen molar-refractivity contribution in [2.75, 3.05) is 19.7 Å². The van der Waals surface area contributed by atoms with E-state index in [2.05, 4.69) is 29.4 Å². The molecule has 1 aliphatic heterocycles. The lowest BCUT2D eigenvalue weighted by atomic mass is 10.1. The van der Waals surface area contributed by atoms with Crippen LogP contribution in [0.15, 0.2) is 4.42 Å². The molecule has 102 valence electrons. The van der Waals surface area contributed by atoms with Crippen LogP contribution in [0.25, 0.3) is 0 Å². The van der Waals surface area contributed by atoms with Gasteiger partial charge in [0.2, 0.25) is 11.8 Å². The van der Waals surface area contributed by atoms with Crippen LogP contribution in [0.2, 0.25) is 0 Å². The molecular weight excluding hydrogens is 234 g/mol. The lowest BCUT2D eigenvalue weighted by Gasteiger charge is -2.36. The van der Waals surface area contributed by atoms with Gasteiger partial charge in [0.15, 0.2) is 0 Å². The minimum absolute atomic E-state index is 0.0716. The Morgan fingerprint density at radius 2 is 2.17 bits per heavy atom. The van der Waals surface area contributed by atoms with Crippen molar-refractivity contribution in [3.63, 3.8) is 0 Å². The summed E-state index contributed by atoms with van der Waals surface area (Å²) in [5.41, 5.74) is -0.133. The van der Waals surface area contributed by atoms with Crippen molar-refractivity contribution in [2.45, 2.75) is 45.5 Å². The van der Waals surface area contributed by atoms with E-state index in [0.717, 1.165) is 19.5 Å². The second kappa shape index (κ2) is 5.77. The van der Waals surface area contributed by atoms with E-state index in [1.165, 1.54) is 0 Å². The minimum atomic E-state index is -0.133. The molecule has 1 fully saturated rings. The molecule has 0 radical (unpaired) electrons. The molecule has 0 spiro atoms. The maximum absolute atomic E-state index is 5.88. The number of aryl methyl sites for hydroxylation is 1. The average molecular weight is 255 g/mol. The van der Waals surface area contributed by atoms with E-state index < -0.39 is 0 Å². The van der Waals surface area contributed by atoms with Gasteiger partial charge in [0.05, 0.1) is 18.3 Å². The maximum Gasteiger partial charge on any atom is 0.242 e. The van der Waals surface area contributed by atoms with Crippen LogP contribution in [0.5, 0.6) is 0 Å². The summed E-state index contributed by atoms with van der Waals surface area (Å²) in [4.78, 5) is 0. The fraction of sp³-hybridized carbons (Fsp3) is 0.833. The van der Waals surface area contributed by atoms with E-state index in [0.29, 0.717) is 25.0 Å². The molecule has 2 rings (SSSR count). The number of nitrogens with one attached hydrogen (secondary N) is 1. The Balaban J connectivity index is 1.71. The SMILES string of the molecule is CCc1nnc(COCC2CNCC(C)(C)O2)o1. The van der Waals surface area contributed by atoms with E-state index >= 15 is 0 Å². The summed E-state index contributed by atoms with van der Waals surface area (Å²) in [5, 5.41) is 11.1. The number of morpholine rings is 1. The van der Waals surface area contributed by atoms with E-state index in [9.17, 15) is 0 Å². The van der Waals surface area contributed by atoms with Crippen molar-refractivity contribution in [1.29, 1.82) is 0 Å². The highest BCUT2D eigenvalue weighted by Crippen LogP contribution is 2.15. The van der Waals surface area contributed by atoms with E-state index in [4.69, 9.17) is 13.9 Å². The molecule has 1 aromatic rings. The van der Waals surface area contributed by atoms with Gasteiger partial charge < -0.3 is 19.2 Å². The van der Waals surface area contributed by atoms with E-state index in [-0.39, 0.29) is 11.7 Å². The van der Waals surface area contributed by atoms with Gasteiger partial charge in [-0.2, -0.15) is 0 Å². The third kappa shape index (κ3) is 3.76. The number of hydrogen-bond acceptors (Lipinski definition) is 6. The second-order valence-corrected chi connectivity index (χ2v) is 5.09. The van der Waals surface area contributed by atoms with Gasteiger partial charge in [-0.3, -0.25) is 0 Å². The molecule has 6 heteroatoms. The normalized spacial score (nSPS) is 23.2. The largest absolute Gasteiger partial charge is 0.423 e. The summed E-state index contributed by atoms with van der Waals surface area (Å²) in [7, 11) is 0. The molecular formula is C12H21N3O3. The van der Waals surface area contributed by atoms with Crippen LogP contribution in [0, 0.1) is 0 Å². The summed E-state index contributed by atoms with van der Waals surface area (Å²) in [6.45, 7) is 8.66. The molecule has 0 bridgehead atoms. The minimum Gasteiger partial charge on any atom is -0.423 e. The predicted octanol–water partition coefficient (Wildman–Crippen LogP) is 0.916. The summed E-state index contributed by atoms with van der Waals surface area (Å²) < 4.78 is 16.8. The number of aromatic nitrogens is 2. The molecule has 1 saturated heterocycles. The summed E-state index contributed by atoms with van der Waals surface area (Å²) in [6, 6.07) is 0. The van der Waals surface area contributed by atoms with Gasteiger partial charge >= 0.3 is 0 Å². The highest BCUT2D eigenvalue weighted by molar-refractivity contribution is 4.82. The highest BCUT2D eigenvalue weighted by Gasteiger charge is 2.28. The smallest absolute Gasteiger partial charge is 0.242 e. The molecule has 1 N–H and O–H groups in total. The van der Waals surface area contributed by atoms with Gasteiger partial charge in [-0.15, -0.1) is 10.2 Å². The van der Waals surface area contributed by atoms with Gasteiger partial charge in [-0.25, -0.2) is 0 Å². The number of nitrogens with zero attached hydrogens (tertiary/aromatic N) is 2. The fourth-order valence-electron chi connectivity index (χ4n) is 1.93. The van der Waals surface area contributed by atoms with Crippen molar-refractivity contribution < 1.29 is 13.9 Å². The Morgan fingerprint density at radius 1 is 1.39 bits per heavy atom. The molecule has 6 nitrogen and oxygen atoms in total. The quantitative estimate of drug-likeness (QED) is 0.843. The second-order valence-electron chi connectivity index (χ2n) is 5.09. The van der Waals surface area contributed by atoms with Gasteiger partial charge in [0.1, 0.15) is 6.61 Å². The zero-order chi connectivity index (χ0) is 13.0. The lowest BCUT2D eigenvalue weighted by molar-refractivity contribution is -0.123. The maximum atomic E-state index is 5.88. The summed E-state index contributed by atoms with van der Waals surface area (Å²) in [5.74, 6) is 1.17. The van der Waals surface area contributed by atoms with Crippen LogP contribution in [-0.2, 0) is 22.5 Å². The predicted molar refractivity (Wildman–Crippen MR) is 65.2 cm³/mol. The number of rotatable bonds is 5. The van der Waals surface area contributed by atoms with Crippen LogP contribution < -0.4 is 5.32 Å². The molecule has 1 aliphatic rings. The molecule has 0 aliphatic carbocycles. The summed E-state index contributed by atoms with van der Waals surface area (Å²) in [6.07, 6.45) is 0.818. The first-order chi connectivity index (χ1) is 8.59. The number of ether oxygens (including phenoxy) is 2. The summed E-state index contributed by atoms with van der Waals surface area (Å²) >= 11 is 0. The fourth-order valence-corrected chi connectivity index (χ4v) is 1.93. The molecule has 18 heavy (non-hydrogen) atoms. The van der Waals surface area contributed by atoms with Gasteiger partial charge in [-0.05, 0) is 13.8 Å². The molecule has 1 unspecified atom stereocenters. The van der Waals surface area contributed by atoms with Crippen molar-refractivity contribution in [2.24, 2.45) is 0 Å². The Kier molecular flexibility index (Phi) is 4.31. The lowest BCUT2D eigenvalue weighted by Crippen LogP contribution is -2.51. The first kappa shape index (κ1) is 13.5. The Bertz CT molecular complexity index is 378. The van der Waals surface area contributed by atoms with Crippen LogP contribution >= 0.6 is 0 Å². The first-order valence-corrected chi connectivity index (χ1v) is 6.36. The molecule has 0 saturated carbocycles. The monoisotopic (exact) mass is 255 g/mol. The molecule has 0 aromatic carbocycles. The van der Waals surface area contributed by atoms with E-state index in [1.807, 2.05) is 6.92 Å².